The summed E-state index contributed by atoms with van der Waals surface area (Å²) in [7, 11) is 0. The molecular weight excluding hydrogens is 268 g/mol. The molecule has 1 atom stereocenters. The van der Waals surface area contributed by atoms with E-state index in [-0.39, 0.29) is 0 Å². The largest absolute Gasteiger partial charge is 0.301 e. The normalized spacial score (nSPS) is 27.4. The molecule has 0 amide bonds. The third-order valence-electron chi connectivity index (χ3n) is 5.05. The van der Waals surface area contributed by atoms with Gasteiger partial charge >= 0.3 is 0 Å². The molecule has 5 rings (SSSR count). The molecule has 2 bridgehead atoms. The Morgan fingerprint density at radius 1 is 0.864 bits per heavy atom. The Balaban J connectivity index is 1.46. The minimum absolute atomic E-state index is 0.510. The zero-order chi connectivity index (χ0) is 14.8. The van der Waals surface area contributed by atoms with Crippen LogP contribution < -0.4 is 0 Å². The van der Waals surface area contributed by atoms with E-state index >= 15 is 0 Å². The van der Waals surface area contributed by atoms with Gasteiger partial charge in [0.15, 0.2) is 0 Å². The fourth-order valence-corrected chi connectivity index (χ4v) is 3.68. The summed E-state index contributed by atoms with van der Waals surface area (Å²) < 4.78 is 0. The lowest BCUT2D eigenvalue weighted by Crippen LogP contribution is -2.49. The lowest BCUT2D eigenvalue weighted by atomic mass is 9.84. The monoisotopic (exact) mass is 290 g/mol. The van der Waals surface area contributed by atoms with E-state index in [4.69, 9.17) is 4.99 Å². The van der Waals surface area contributed by atoms with Crippen LogP contribution in [0.2, 0.25) is 0 Å². The van der Waals surface area contributed by atoms with E-state index in [9.17, 15) is 0 Å². The quantitative estimate of drug-likeness (QED) is 0.784. The van der Waals surface area contributed by atoms with Crippen molar-refractivity contribution in [2.24, 2.45) is 10.9 Å². The van der Waals surface area contributed by atoms with Gasteiger partial charge in [-0.15, -0.1) is 0 Å². The fourth-order valence-electron chi connectivity index (χ4n) is 3.68. The van der Waals surface area contributed by atoms with Crippen LogP contribution >= 0.6 is 0 Å². The van der Waals surface area contributed by atoms with Crippen molar-refractivity contribution in [3.05, 3.63) is 60.2 Å². The molecule has 3 heterocycles. The molecule has 0 saturated carbocycles. The smallest absolute Gasteiger partial charge is 0.0655 e. The summed E-state index contributed by atoms with van der Waals surface area (Å²) in [5.41, 5.74) is 3.74. The van der Waals surface area contributed by atoms with Crippen molar-refractivity contribution in [3.63, 3.8) is 0 Å². The van der Waals surface area contributed by atoms with E-state index in [1.165, 1.54) is 42.6 Å². The average molecular weight is 290 g/mol. The Morgan fingerprint density at radius 2 is 1.55 bits per heavy atom. The summed E-state index contributed by atoms with van der Waals surface area (Å²) in [6, 6.07) is 19.7. The van der Waals surface area contributed by atoms with Gasteiger partial charge in [-0.3, -0.25) is 4.99 Å². The Bertz CT molecular complexity index is 637. The van der Waals surface area contributed by atoms with E-state index in [1.807, 2.05) is 0 Å². The highest BCUT2D eigenvalue weighted by Crippen LogP contribution is 2.29. The van der Waals surface area contributed by atoms with Crippen molar-refractivity contribution in [1.29, 1.82) is 0 Å². The molecule has 0 aliphatic carbocycles. The molecule has 0 radical (unpaired) electrons. The van der Waals surface area contributed by atoms with Gasteiger partial charge < -0.3 is 4.90 Å². The first-order chi connectivity index (χ1) is 10.9. The topological polar surface area (TPSA) is 15.6 Å². The van der Waals surface area contributed by atoms with Crippen molar-refractivity contribution < 1.29 is 0 Å². The first kappa shape index (κ1) is 13.7. The van der Waals surface area contributed by atoms with Crippen LogP contribution in [0.5, 0.6) is 0 Å². The van der Waals surface area contributed by atoms with Crippen LogP contribution in [0.1, 0.15) is 18.4 Å². The summed E-state index contributed by atoms with van der Waals surface area (Å²) in [4.78, 5) is 7.43. The minimum Gasteiger partial charge on any atom is -0.301 e. The molecule has 112 valence electrons. The van der Waals surface area contributed by atoms with Crippen LogP contribution in [0.4, 0.5) is 0 Å². The van der Waals surface area contributed by atoms with E-state index in [0.29, 0.717) is 6.04 Å². The molecule has 2 heteroatoms. The third kappa shape index (κ3) is 2.84. The van der Waals surface area contributed by atoms with Gasteiger partial charge in [-0.2, -0.15) is 0 Å². The summed E-state index contributed by atoms with van der Waals surface area (Å²) in [5.74, 6) is 0.810. The Morgan fingerprint density at radius 3 is 2.18 bits per heavy atom. The standard InChI is InChI=1S/C20H22N2/c1-2-4-17(5-3-1)18-8-6-16(7-9-18)14-21-20-15-22-12-10-19(20)11-13-22/h1-9,14,19-20H,10-13,15H2/t20-/m0/s1. The van der Waals surface area contributed by atoms with Crippen LogP contribution in [0.25, 0.3) is 11.1 Å². The molecule has 2 aromatic carbocycles. The van der Waals surface area contributed by atoms with Gasteiger partial charge in [0.2, 0.25) is 0 Å². The first-order valence-electron chi connectivity index (χ1n) is 8.29. The van der Waals surface area contributed by atoms with E-state index < -0.39 is 0 Å². The highest BCUT2D eigenvalue weighted by Gasteiger charge is 2.33. The van der Waals surface area contributed by atoms with E-state index in [1.54, 1.807) is 0 Å². The van der Waals surface area contributed by atoms with Crippen molar-refractivity contribution in [2.75, 3.05) is 19.6 Å². The second-order valence-corrected chi connectivity index (χ2v) is 6.47. The maximum Gasteiger partial charge on any atom is 0.0655 e. The second kappa shape index (κ2) is 6.05. The number of rotatable bonds is 3. The predicted octanol–water partition coefficient (Wildman–Crippen LogP) is 3.87. The number of piperidine rings is 3. The summed E-state index contributed by atoms with van der Waals surface area (Å²) in [6.07, 6.45) is 4.73. The molecule has 3 aliphatic rings. The van der Waals surface area contributed by atoms with Crippen LogP contribution in [0.15, 0.2) is 59.6 Å². The number of nitrogens with zero attached hydrogens (tertiary/aromatic N) is 2. The zero-order valence-electron chi connectivity index (χ0n) is 12.9. The maximum atomic E-state index is 4.87. The molecule has 2 aromatic rings. The van der Waals surface area contributed by atoms with Crippen LogP contribution in [-0.2, 0) is 0 Å². The third-order valence-corrected chi connectivity index (χ3v) is 5.05. The van der Waals surface area contributed by atoms with Crippen LogP contribution in [0.3, 0.4) is 0 Å². The predicted molar refractivity (Wildman–Crippen MR) is 92.4 cm³/mol. The molecule has 0 spiro atoms. The highest BCUT2D eigenvalue weighted by atomic mass is 15.2. The number of aliphatic imine (C=N–C) groups is 1. The zero-order valence-corrected chi connectivity index (χ0v) is 12.9. The average Bonchev–Trinajstić information content (AvgIpc) is 2.62. The maximum absolute atomic E-state index is 4.87. The lowest BCUT2D eigenvalue weighted by Gasteiger charge is -2.43. The van der Waals surface area contributed by atoms with Gasteiger partial charge in [0, 0.05) is 12.8 Å². The number of hydrogen-bond acceptors (Lipinski definition) is 2. The van der Waals surface area contributed by atoms with Crippen molar-refractivity contribution >= 4 is 6.21 Å². The Labute approximate surface area is 132 Å². The molecule has 3 saturated heterocycles. The van der Waals surface area contributed by atoms with Gasteiger partial charge in [-0.25, -0.2) is 0 Å². The van der Waals surface area contributed by atoms with Gasteiger partial charge in [0.25, 0.3) is 0 Å². The van der Waals surface area contributed by atoms with Gasteiger partial charge in [0.1, 0.15) is 0 Å². The Hall–Kier alpha value is -1.93. The summed E-state index contributed by atoms with van der Waals surface area (Å²) >= 11 is 0. The van der Waals surface area contributed by atoms with Crippen molar-refractivity contribution in [3.8, 4) is 11.1 Å². The van der Waals surface area contributed by atoms with E-state index in [2.05, 4.69) is 65.7 Å². The molecule has 3 fully saturated rings. The molecule has 3 aliphatic heterocycles. The summed E-state index contributed by atoms with van der Waals surface area (Å²) in [5, 5.41) is 0. The van der Waals surface area contributed by atoms with Gasteiger partial charge in [-0.05, 0) is 48.5 Å². The van der Waals surface area contributed by atoms with Crippen molar-refractivity contribution in [2.45, 2.75) is 18.9 Å². The number of fused-ring (bicyclic) bond motifs is 3. The van der Waals surface area contributed by atoms with Crippen LogP contribution in [0, 0.1) is 5.92 Å². The SMILES string of the molecule is C(=N[C@H]1CN2CCC1CC2)c1ccc(-c2ccccc2)cc1. The second-order valence-electron chi connectivity index (χ2n) is 6.47. The minimum atomic E-state index is 0.510. The highest BCUT2D eigenvalue weighted by molar-refractivity contribution is 5.81. The van der Waals surface area contributed by atoms with Gasteiger partial charge in [-0.1, -0.05) is 54.6 Å². The van der Waals surface area contributed by atoms with Crippen LogP contribution in [-0.4, -0.2) is 36.8 Å². The van der Waals surface area contributed by atoms with Gasteiger partial charge in [0.05, 0.1) is 6.04 Å². The molecule has 22 heavy (non-hydrogen) atoms. The lowest BCUT2D eigenvalue weighted by molar-refractivity contribution is 0.0908. The van der Waals surface area contributed by atoms with Crippen molar-refractivity contribution in [1.82, 2.24) is 4.90 Å². The van der Waals surface area contributed by atoms with E-state index in [0.717, 1.165) is 12.5 Å². The molecular formula is C20H22N2. The first-order valence-corrected chi connectivity index (χ1v) is 8.29. The molecule has 2 nitrogen and oxygen atoms in total. The number of benzene rings is 2. The number of hydrogen-bond donors (Lipinski definition) is 0. The molecule has 0 N–H and O–H groups in total. The molecule has 0 aromatic heterocycles. The molecule has 0 unspecified atom stereocenters. The fraction of sp³-hybridized carbons (Fsp3) is 0.350. The Kier molecular flexibility index (Phi) is 3.77. The summed E-state index contributed by atoms with van der Waals surface area (Å²) in [6.45, 7) is 3.72.